The average Bonchev–Trinajstić information content (AvgIpc) is 3.09. The van der Waals surface area contributed by atoms with Gasteiger partial charge < -0.3 is 19.7 Å². The van der Waals surface area contributed by atoms with E-state index in [4.69, 9.17) is 9.47 Å². The molecule has 2 heterocycles. The van der Waals surface area contributed by atoms with Crippen LogP contribution in [0.25, 0.3) is 0 Å². The quantitative estimate of drug-likeness (QED) is 0.269. The molecule has 1 unspecified atom stereocenters. The Bertz CT molecular complexity index is 1190. The van der Waals surface area contributed by atoms with E-state index < -0.39 is 47.0 Å². The molecular weight excluding hydrogens is 460 g/mol. The van der Waals surface area contributed by atoms with E-state index in [1.807, 2.05) is 12.1 Å². The molecule has 0 saturated carbocycles. The number of morpholine rings is 1. The van der Waals surface area contributed by atoms with Gasteiger partial charge >= 0.3 is 5.97 Å². The number of carbonyl (C=O) groups is 4. The average molecular weight is 482 g/mol. The van der Waals surface area contributed by atoms with Crippen molar-refractivity contribution in [2.45, 2.75) is 13.0 Å². The highest BCUT2D eigenvalue weighted by molar-refractivity contribution is 6.24. The number of anilines is 2. The van der Waals surface area contributed by atoms with Gasteiger partial charge in [0.15, 0.2) is 6.10 Å². The summed E-state index contributed by atoms with van der Waals surface area (Å²) in [4.78, 5) is 63.0. The number of esters is 1. The zero-order valence-electron chi connectivity index (χ0n) is 18.8. The third-order valence-electron chi connectivity index (χ3n) is 5.65. The molecule has 0 aliphatic carbocycles. The molecule has 2 aliphatic heterocycles. The van der Waals surface area contributed by atoms with E-state index >= 15 is 0 Å². The Morgan fingerprint density at radius 2 is 1.80 bits per heavy atom. The fraction of sp³-hybridized carbons (Fsp3) is 0.304. The number of nitrogens with zero attached hydrogens (tertiary/aromatic N) is 3. The van der Waals surface area contributed by atoms with Gasteiger partial charge in [0, 0.05) is 30.5 Å². The summed E-state index contributed by atoms with van der Waals surface area (Å²) in [7, 11) is 0. The molecule has 0 radical (unpaired) electrons. The molecule has 2 aromatic rings. The van der Waals surface area contributed by atoms with Gasteiger partial charge in [-0.1, -0.05) is 6.07 Å². The fourth-order valence-electron chi connectivity index (χ4n) is 3.85. The van der Waals surface area contributed by atoms with E-state index in [1.165, 1.54) is 19.1 Å². The third-order valence-corrected chi connectivity index (χ3v) is 5.65. The molecule has 2 aromatic carbocycles. The van der Waals surface area contributed by atoms with Crippen LogP contribution in [0.3, 0.4) is 0 Å². The van der Waals surface area contributed by atoms with Gasteiger partial charge in [-0.05, 0) is 37.3 Å². The molecule has 12 nitrogen and oxygen atoms in total. The Labute approximate surface area is 199 Å². The lowest BCUT2D eigenvalue weighted by atomic mass is 10.1. The predicted molar refractivity (Wildman–Crippen MR) is 122 cm³/mol. The van der Waals surface area contributed by atoms with Crippen molar-refractivity contribution >= 4 is 40.8 Å². The molecule has 0 aromatic heterocycles. The van der Waals surface area contributed by atoms with Crippen molar-refractivity contribution in [1.82, 2.24) is 4.90 Å². The molecule has 1 atom stereocenters. The minimum Gasteiger partial charge on any atom is -0.451 e. The number of benzene rings is 2. The monoisotopic (exact) mass is 482 g/mol. The van der Waals surface area contributed by atoms with Crippen LogP contribution < -0.4 is 10.2 Å². The Morgan fingerprint density at radius 3 is 2.46 bits per heavy atom. The number of nitrogens with one attached hydrogen (secondary N) is 1. The van der Waals surface area contributed by atoms with E-state index in [9.17, 15) is 29.3 Å². The summed E-state index contributed by atoms with van der Waals surface area (Å²) in [5.41, 5.74) is 0.434. The summed E-state index contributed by atoms with van der Waals surface area (Å²) >= 11 is 0. The normalized spacial score (nSPS) is 16.0. The maximum Gasteiger partial charge on any atom is 0.326 e. The lowest BCUT2D eigenvalue weighted by molar-refractivity contribution is -0.385. The summed E-state index contributed by atoms with van der Waals surface area (Å²) in [6, 6.07) is 10.8. The van der Waals surface area contributed by atoms with Crippen LogP contribution in [0.15, 0.2) is 42.5 Å². The molecule has 35 heavy (non-hydrogen) atoms. The highest BCUT2D eigenvalue weighted by Crippen LogP contribution is 2.30. The van der Waals surface area contributed by atoms with E-state index in [0.717, 1.165) is 24.8 Å². The molecule has 2 aliphatic rings. The van der Waals surface area contributed by atoms with Crippen LogP contribution in [0.5, 0.6) is 0 Å². The maximum atomic E-state index is 12.6. The first kappa shape index (κ1) is 23.8. The summed E-state index contributed by atoms with van der Waals surface area (Å²) in [6.45, 7) is 3.42. The third kappa shape index (κ3) is 4.96. The van der Waals surface area contributed by atoms with Gasteiger partial charge in [0.05, 0.1) is 23.7 Å². The largest absolute Gasteiger partial charge is 0.451 e. The number of imide groups is 1. The van der Waals surface area contributed by atoms with Crippen molar-refractivity contribution in [2.75, 3.05) is 43.1 Å². The molecule has 1 N–H and O–H groups in total. The highest BCUT2D eigenvalue weighted by Gasteiger charge is 2.42. The SMILES string of the molecule is CC(OC(=O)CN1C(=O)c2cccc([N+](=O)[O-])c2C1=O)C(=O)Nc1ccc(N2CCOCC2)cc1. The van der Waals surface area contributed by atoms with Crippen LogP contribution in [0.2, 0.25) is 0 Å². The molecular formula is C23H22N4O8. The molecule has 182 valence electrons. The number of fused-ring (bicyclic) bond motifs is 1. The Morgan fingerprint density at radius 1 is 1.11 bits per heavy atom. The molecule has 0 spiro atoms. The lowest BCUT2D eigenvalue weighted by Crippen LogP contribution is -2.38. The van der Waals surface area contributed by atoms with Gasteiger partial charge in [-0.3, -0.25) is 34.2 Å². The van der Waals surface area contributed by atoms with E-state index in [2.05, 4.69) is 10.2 Å². The summed E-state index contributed by atoms with van der Waals surface area (Å²) in [5, 5.41) is 13.8. The van der Waals surface area contributed by atoms with Gasteiger partial charge in [-0.2, -0.15) is 0 Å². The zero-order valence-corrected chi connectivity index (χ0v) is 18.8. The second kappa shape index (κ2) is 9.89. The number of amides is 3. The van der Waals surface area contributed by atoms with Gasteiger partial charge in [0.2, 0.25) is 0 Å². The smallest absolute Gasteiger partial charge is 0.326 e. The Hall–Kier alpha value is -4.32. The molecule has 4 rings (SSSR count). The maximum absolute atomic E-state index is 12.6. The number of carbonyl (C=O) groups excluding carboxylic acids is 4. The Kier molecular flexibility index (Phi) is 6.73. The molecule has 0 bridgehead atoms. The van der Waals surface area contributed by atoms with E-state index in [0.29, 0.717) is 23.8 Å². The van der Waals surface area contributed by atoms with Crippen LogP contribution in [0, 0.1) is 10.1 Å². The van der Waals surface area contributed by atoms with Gasteiger partial charge in [-0.15, -0.1) is 0 Å². The topological polar surface area (TPSA) is 148 Å². The van der Waals surface area contributed by atoms with Gasteiger partial charge in [0.25, 0.3) is 23.4 Å². The van der Waals surface area contributed by atoms with Crippen LogP contribution in [-0.2, 0) is 19.1 Å². The first-order valence-electron chi connectivity index (χ1n) is 10.8. The van der Waals surface area contributed by atoms with Crippen LogP contribution >= 0.6 is 0 Å². The van der Waals surface area contributed by atoms with Crippen molar-refractivity contribution < 1.29 is 33.6 Å². The van der Waals surface area contributed by atoms with Crippen molar-refractivity contribution in [3.05, 3.63) is 63.7 Å². The fourth-order valence-corrected chi connectivity index (χ4v) is 3.85. The Balaban J connectivity index is 1.33. The van der Waals surface area contributed by atoms with Crippen molar-refractivity contribution in [3.8, 4) is 0 Å². The number of nitro benzene ring substituents is 1. The van der Waals surface area contributed by atoms with Crippen LogP contribution in [0.4, 0.5) is 17.1 Å². The predicted octanol–water partition coefficient (Wildman–Crippen LogP) is 1.60. The summed E-state index contributed by atoms with van der Waals surface area (Å²) in [6.07, 6.45) is -1.22. The summed E-state index contributed by atoms with van der Waals surface area (Å²) < 4.78 is 10.4. The second-order valence-electron chi connectivity index (χ2n) is 7.92. The van der Waals surface area contributed by atoms with Gasteiger partial charge in [0.1, 0.15) is 12.1 Å². The number of hydrogen-bond donors (Lipinski definition) is 1. The number of rotatable bonds is 7. The lowest BCUT2D eigenvalue weighted by Gasteiger charge is -2.28. The molecule has 12 heteroatoms. The highest BCUT2D eigenvalue weighted by atomic mass is 16.6. The van der Waals surface area contributed by atoms with Gasteiger partial charge in [-0.25, -0.2) is 0 Å². The standard InChI is InChI=1S/C23H22N4O8/c1-14(21(29)24-15-5-7-16(8-6-15)25-9-11-34-12-10-25)35-19(28)13-26-22(30)17-3-2-4-18(27(32)33)20(17)23(26)31/h2-8,14H,9-13H2,1H3,(H,24,29). The van der Waals surface area contributed by atoms with Crippen molar-refractivity contribution in [3.63, 3.8) is 0 Å². The molecule has 3 amide bonds. The van der Waals surface area contributed by atoms with E-state index in [1.54, 1.807) is 12.1 Å². The summed E-state index contributed by atoms with van der Waals surface area (Å²) in [5.74, 6) is -3.42. The first-order chi connectivity index (χ1) is 16.8. The van der Waals surface area contributed by atoms with Crippen LogP contribution in [-0.4, -0.2) is 72.5 Å². The number of nitro groups is 1. The molecule has 1 saturated heterocycles. The minimum absolute atomic E-state index is 0.164. The van der Waals surface area contributed by atoms with Crippen molar-refractivity contribution in [1.29, 1.82) is 0 Å². The second-order valence-corrected chi connectivity index (χ2v) is 7.92. The molecule has 1 fully saturated rings. The van der Waals surface area contributed by atoms with Crippen molar-refractivity contribution in [2.24, 2.45) is 0 Å². The zero-order chi connectivity index (χ0) is 25.1. The van der Waals surface area contributed by atoms with E-state index in [-0.39, 0.29) is 11.1 Å². The number of ether oxygens (including phenoxy) is 2. The van der Waals surface area contributed by atoms with Crippen LogP contribution in [0.1, 0.15) is 27.6 Å². The number of hydrogen-bond acceptors (Lipinski definition) is 9. The first-order valence-corrected chi connectivity index (χ1v) is 10.8. The minimum atomic E-state index is -1.22.